The van der Waals surface area contributed by atoms with Gasteiger partial charge in [0.15, 0.2) is 0 Å². The number of ether oxygens (including phenoxy) is 1. The molecule has 0 aliphatic rings. The number of unbranched alkanes of at least 4 members (excludes halogenated alkanes) is 1. The number of hydrogen-bond donors (Lipinski definition) is 1. The van der Waals surface area contributed by atoms with E-state index in [9.17, 15) is 9.59 Å². The van der Waals surface area contributed by atoms with Crippen molar-refractivity contribution < 1.29 is 14.6 Å². The number of aromatic nitrogens is 1. The molecule has 0 unspecified atom stereocenters. The molecule has 5 nitrogen and oxygen atoms in total. The van der Waals surface area contributed by atoms with E-state index in [1.807, 2.05) is 0 Å². The van der Waals surface area contributed by atoms with Crippen LogP contribution in [0.25, 0.3) is 0 Å². The molecular formula is C14H21NO4. The van der Waals surface area contributed by atoms with Gasteiger partial charge in [-0.2, -0.15) is 0 Å². The van der Waals surface area contributed by atoms with Gasteiger partial charge in [0.05, 0.1) is 6.10 Å². The van der Waals surface area contributed by atoms with E-state index in [0.717, 1.165) is 6.42 Å². The third-order valence-electron chi connectivity index (χ3n) is 2.62. The molecule has 0 bridgehead atoms. The van der Waals surface area contributed by atoms with Gasteiger partial charge < -0.3 is 14.4 Å². The first-order valence-electron chi connectivity index (χ1n) is 6.53. The third kappa shape index (κ3) is 5.26. The second-order valence-electron chi connectivity index (χ2n) is 4.69. The quantitative estimate of drug-likeness (QED) is 0.593. The molecule has 0 aromatic carbocycles. The fourth-order valence-electron chi connectivity index (χ4n) is 1.77. The third-order valence-corrected chi connectivity index (χ3v) is 2.62. The van der Waals surface area contributed by atoms with Crippen LogP contribution < -0.4 is 5.56 Å². The summed E-state index contributed by atoms with van der Waals surface area (Å²) in [4.78, 5) is 23.6. The normalized spacial score (nSPS) is 10.7. The molecule has 106 valence electrons. The summed E-state index contributed by atoms with van der Waals surface area (Å²) in [6.07, 6.45) is 3.44. The molecule has 0 amide bonds. The highest BCUT2D eigenvalue weighted by Crippen LogP contribution is 2.00. The Kier molecular flexibility index (Phi) is 6.29. The van der Waals surface area contributed by atoms with Crippen molar-refractivity contribution in [3.05, 3.63) is 34.2 Å². The lowest BCUT2D eigenvalue weighted by Gasteiger charge is -2.10. The Morgan fingerprint density at radius 2 is 2.16 bits per heavy atom. The van der Waals surface area contributed by atoms with Gasteiger partial charge in [-0.1, -0.05) is 6.07 Å². The molecule has 0 aliphatic heterocycles. The Balaban J connectivity index is 2.71. The van der Waals surface area contributed by atoms with Gasteiger partial charge in [-0.05, 0) is 39.2 Å². The molecule has 0 saturated carbocycles. The maximum Gasteiger partial charge on any atom is 0.326 e. The summed E-state index contributed by atoms with van der Waals surface area (Å²) < 4.78 is 6.38. The smallest absolute Gasteiger partial charge is 0.326 e. The Morgan fingerprint density at radius 1 is 1.42 bits per heavy atom. The molecule has 0 fully saturated rings. The lowest BCUT2D eigenvalue weighted by molar-refractivity contribution is -0.148. The Morgan fingerprint density at radius 3 is 2.79 bits per heavy atom. The van der Waals surface area contributed by atoms with Gasteiger partial charge in [0.25, 0.3) is 5.56 Å². The molecule has 0 radical (unpaired) electrons. The predicted molar refractivity (Wildman–Crippen MR) is 72.0 cm³/mol. The average molecular weight is 267 g/mol. The number of carbonyl (C=O) groups excluding carboxylic acids is 1. The van der Waals surface area contributed by atoms with E-state index < -0.39 is 5.97 Å². The maximum absolute atomic E-state index is 12.1. The minimum Gasteiger partial charge on any atom is -0.462 e. The van der Waals surface area contributed by atoms with Gasteiger partial charge in [0.2, 0.25) is 0 Å². The van der Waals surface area contributed by atoms with Gasteiger partial charge in [-0.15, -0.1) is 0 Å². The fourth-order valence-corrected chi connectivity index (χ4v) is 1.77. The Bertz CT molecular complexity index is 465. The number of esters is 1. The van der Waals surface area contributed by atoms with Crippen molar-refractivity contribution in [3.8, 4) is 0 Å². The SMILES string of the molecule is CC(C)OC(=O)Cn1cccc(CCCCO)c1=O. The summed E-state index contributed by atoms with van der Waals surface area (Å²) in [6, 6.07) is 3.50. The van der Waals surface area contributed by atoms with Crippen LogP contribution in [-0.4, -0.2) is 28.4 Å². The van der Waals surface area contributed by atoms with E-state index in [1.165, 1.54) is 4.57 Å². The highest BCUT2D eigenvalue weighted by molar-refractivity contribution is 5.69. The van der Waals surface area contributed by atoms with Crippen LogP contribution in [0, 0.1) is 0 Å². The molecule has 0 spiro atoms. The Labute approximate surface area is 112 Å². The summed E-state index contributed by atoms with van der Waals surface area (Å²) >= 11 is 0. The topological polar surface area (TPSA) is 68.5 Å². The lowest BCUT2D eigenvalue weighted by Crippen LogP contribution is -2.28. The van der Waals surface area contributed by atoms with Crippen molar-refractivity contribution in [3.63, 3.8) is 0 Å². The van der Waals surface area contributed by atoms with E-state index in [0.29, 0.717) is 18.4 Å². The summed E-state index contributed by atoms with van der Waals surface area (Å²) in [5, 5.41) is 8.73. The minimum atomic E-state index is -0.412. The molecule has 1 rings (SSSR count). The van der Waals surface area contributed by atoms with Crippen molar-refractivity contribution in [1.82, 2.24) is 4.57 Å². The number of aliphatic hydroxyl groups is 1. The molecular weight excluding hydrogens is 246 g/mol. The number of pyridine rings is 1. The largest absolute Gasteiger partial charge is 0.462 e. The van der Waals surface area contributed by atoms with Gasteiger partial charge >= 0.3 is 5.97 Å². The monoisotopic (exact) mass is 267 g/mol. The van der Waals surface area contributed by atoms with Crippen LogP contribution in [0.3, 0.4) is 0 Å². The van der Waals surface area contributed by atoms with Crippen molar-refractivity contribution in [2.24, 2.45) is 0 Å². The zero-order valence-corrected chi connectivity index (χ0v) is 11.5. The summed E-state index contributed by atoms with van der Waals surface area (Å²) in [6.45, 7) is 3.60. The van der Waals surface area contributed by atoms with Crippen LogP contribution in [-0.2, 0) is 22.5 Å². The van der Waals surface area contributed by atoms with E-state index in [1.54, 1.807) is 32.2 Å². The fraction of sp³-hybridized carbons (Fsp3) is 0.571. The maximum atomic E-state index is 12.1. The number of rotatable bonds is 7. The number of carbonyl (C=O) groups is 1. The van der Waals surface area contributed by atoms with Crippen LogP contribution in [0.5, 0.6) is 0 Å². The van der Waals surface area contributed by atoms with E-state index in [-0.39, 0.29) is 24.8 Å². The van der Waals surface area contributed by atoms with Gasteiger partial charge in [0.1, 0.15) is 6.54 Å². The summed E-state index contributed by atoms with van der Waals surface area (Å²) in [5.41, 5.74) is 0.495. The van der Waals surface area contributed by atoms with Gasteiger partial charge in [-0.3, -0.25) is 9.59 Å². The minimum absolute atomic E-state index is 0.0646. The van der Waals surface area contributed by atoms with Gasteiger partial charge in [0, 0.05) is 18.4 Å². The van der Waals surface area contributed by atoms with Crippen molar-refractivity contribution >= 4 is 5.97 Å². The standard InChI is InChI=1S/C14H21NO4/c1-11(2)19-13(17)10-15-8-5-7-12(14(15)18)6-3-4-9-16/h5,7-8,11,16H,3-4,6,9-10H2,1-2H3. The first-order valence-corrected chi connectivity index (χ1v) is 6.53. The molecule has 1 aromatic rings. The van der Waals surface area contributed by atoms with E-state index in [2.05, 4.69) is 0 Å². The first-order chi connectivity index (χ1) is 9.04. The molecule has 0 aliphatic carbocycles. The first kappa shape index (κ1) is 15.4. The van der Waals surface area contributed by atoms with Crippen LogP contribution in [0.2, 0.25) is 0 Å². The summed E-state index contributed by atoms with van der Waals surface area (Å²) in [7, 11) is 0. The van der Waals surface area contributed by atoms with Crippen molar-refractivity contribution in [1.29, 1.82) is 0 Å². The second kappa shape index (κ2) is 7.74. The molecule has 0 atom stereocenters. The highest BCUT2D eigenvalue weighted by atomic mass is 16.5. The Hall–Kier alpha value is -1.62. The summed E-state index contributed by atoms with van der Waals surface area (Å²) in [5.74, 6) is -0.412. The number of hydrogen-bond acceptors (Lipinski definition) is 4. The number of nitrogens with zero attached hydrogens (tertiary/aromatic N) is 1. The van der Waals surface area contributed by atoms with Crippen LogP contribution >= 0.6 is 0 Å². The molecule has 5 heteroatoms. The number of aryl methyl sites for hydroxylation is 1. The highest BCUT2D eigenvalue weighted by Gasteiger charge is 2.09. The van der Waals surface area contributed by atoms with Crippen LogP contribution in [0.4, 0.5) is 0 Å². The molecule has 1 aromatic heterocycles. The van der Waals surface area contributed by atoms with Crippen molar-refractivity contribution in [2.45, 2.75) is 45.8 Å². The van der Waals surface area contributed by atoms with Crippen LogP contribution in [0.1, 0.15) is 32.3 Å². The number of aliphatic hydroxyl groups excluding tert-OH is 1. The molecule has 1 N–H and O–H groups in total. The zero-order valence-electron chi connectivity index (χ0n) is 11.5. The van der Waals surface area contributed by atoms with Crippen molar-refractivity contribution in [2.75, 3.05) is 6.61 Å². The molecule has 1 heterocycles. The van der Waals surface area contributed by atoms with Gasteiger partial charge in [-0.25, -0.2) is 0 Å². The average Bonchev–Trinajstić information content (AvgIpc) is 2.33. The zero-order chi connectivity index (χ0) is 14.3. The second-order valence-corrected chi connectivity index (χ2v) is 4.69. The molecule has 19 heavy (non-hydrogen) atoms. The lowest BCUT2D eigenvalue weighted by atomic mass is 10.1. The molecule has 0 saturated heterocycles. The van der Waals surface area contributed by atoms with E-state index in [4.69, 9.17) is 9.84 Å². The van der Waals surface area contributed by atoms with E-state index >= 15 is 0 Å². The predicted octanol–water partition coefficient (Wildman–Crippen LogP) is 1.11. The van der Waals surface area contributed by atoms with Crippen LogP contribution in [0.15, 0.2) is 23.1 Å².